The molecule has 1 aliphatic rings. The van der Waals surface area contributed by atoms with E-state index in [1.165, 1.54) is 0 Å². The number of unbranched alkanes of at least 4 members (excludes halogenated alkanes) is 2. The van der Waals surface area contributed by atoms with Crippen molar-refractivity contribution in [2.45, 2.75) is 45.6 Å². The van der Waals surface area contributed by atoms with Crippen LogP contribution < -0.4 is 15.4 Å². The Morgan fingerprint density at radius 1 is 1.32 bits per heavy atom. The lowest BCUT2D eigenvalue weighted by molar-refractivity contribution is -0.132. The Bertz CT molecular complexity index is 483. The van der Waals surface area contributed by atoms with E-state index in [2.05, 4.69) is 6.92 Å². The molecule has 104 valence electrons. The molecular weight excluding hydrogens is 240 g/mol. The van der Waals surface area contributed by atoms with Gasteiger partial charge in [0.15, 0.2) is 5.60 Å². The summed E-state index contributed by atoms with van der Waals surface area (Å²) in [6.45, 7) is 6.48. The number of hydrogen-bond acceptors (Lipinski definition) is 3. The van der Waals surface area contributed by atoms with E-state index < -0.39 is 5.60 Å². The smallest absolute Gasteiger partial charge is 0.270 e. The third-order valence-electron chi connectivity index (χ3n) is 3.39. The number of ether oxygens (including phenoxy) is 1. The number of nitrogen functional groups attached to an aromatic ring is 1. The Balaban J connectivity index is 2.32. The monoisotopic (exact) mass is 262 g/mol. The number of amides is 1. The van der Waals surface area contributed by atoms with Crippen LogP contribution in [0.1, 0.15) is 40.0 Å². The number of hydrogen-bond donors (Lipinski definition) is 1. The number of carbonyl (C=O) groups is 1. The van der Waals surface area contributed by atoms with E-state index in [0.717, 1.165) is 31.5 Å². The Kier molecular flexibility index (Phi) is 3.69. The Labute approximate surface area is 114 Å². The number of fused-ring (bicyclic) bond motifs is 1. The van der Waals surface area contributed by atoms with Crippen molar-refractivity contribution in [2.75, 3.05) is 17.2 Å². The van der Waals surface area contributed by atoms with Crippen LogP contribution in [0, 0.1) is 0 Å². The number of nitrogens with two attached hydrogens (primary N) is 1. The molecule has 1 heterocycles. The topological polar surface area (TPSA) is 55.6 Å². The second-order valence-corrected chi connectivity index (χ2v) is 5.50. The Hall–Kier alpha value is -1.71. The second kappa shape index (κ2) is 5.11. The zero-order valence-corrected chi connectivity index (χ0v) is 11.9. The number of rotatable bonds is 4. The molecule has 1 aliphatic heterocycles. The van der Waals surface area contributed by atoms with Crippen LogP contribution in [-0.2, 0) is 4.79 Å². The molecule has 0 unspecified atom stereocenters. The molecule has 0 aliphatic carbocycles. The van der Waals surface area contributed by atoms with Gasteiger partial charge in [0.1, 0.15) is 5.75 Å². The fourth-order valence-corrected chi connectivity index (χ4v) is 2.33. The summed E-state index contributed by atoms with van der Waals surface area (Å²) in [6, 6.07) is 5.46. The third kappa shape index (κ3) is 2.67. The molecule has 0 radical (unpaired) electrons. The van der Waals surface area contributed by atoms with Crippen molar-refractivity contribution in [1.82, 2.24) is 0 Å². The minimum Gasteiger partial charge on any atom is -0.476 e. The highest BCUT2D eigenvalue weighted by atomic mass is 16.5. The number of nitrogens with zero attached hydrogens (tertiary/aromatic N) is 1. The second-order valence-electron chi connectivity index (χ2n) is 5.50. The minimum atomic E-state index is -0.826. The van der Waals surface area contributed by atoms with Gasteiger partial charge in [-0.3, -0.25) is 4.79 Å². The zero-order chi connectivity index (χ0) is 14.0. The molecule has 0 saturated heterocycles. The lowest BCUT2D eigenvalue weighted by Gasteiger charge is -2.39. The van der Waals surface area contributed by atoms with Gasteiger partial charge in [0.25, 0.3) is 5.91 Å². The number of benzene rings is 1. The highest BCUT2D eigenvalue weighted by molar-refractivity contribution is 6.02. The van der Waals surface area contributed by atoms with Crippen molar-refractivity contribution >= 4 is 17.3 Å². The van der Waals surface area contributed by atoms with Gasteiger partial charge in [-0.15, -0.1) is 0 Å². The van der Waals surface area contributed by atoms with Gasteiger partial charge in [-0.25, -0.2) is 0 Å². The molecular formula is C15H22N2O2. The molecule has 0 aromatic heterocycles. The van der Waals surface area contributed by atoms with Gasteiger partial charge in [0.05, 0.1) is 5.69 Å². The largest absolute Gasteiger partial charge is 0.476 e. The molecule has 0 fully saturated rings. The van der Waals surface area contributed by atoms with Crippen LogP contribution in [0.2, 0.25) is 0 Å². The first-order chi connectivity index (χ1) is 8.95. The Morgan fingerprint density at radius 3 is 2.74 bits per heavy atom. The van der Waals surface area contributed by atoms with E-state index in [1.807, 2.05) is 11.0 Å². The predicted octanol–water partition coefficient (Wildman–Crippen LogP) is 2.96. The van der Waals surface area contributed by atoms with Crippen molar-refractivity contribution in [3.8, 4) is 5.75 Å². The van der Waals surface area contributed by atoms with E-state index in [9.17, 15) is 4.79 Å². The molecule has 4 heteroatoms. The SMILES string of the molecule is CCCCCN1C(=O)C(C)(C)Oc2cc(N)ccc21. The zero-order valence-electron chi connectivity index (χ0n) is 11.9. The number of carbonyl (C=O) groups excluding carboxylic acids is 1. The highest BCUT2D eigenvalue weighted by Crippen LogP contribution is 2.39. The number of anilines is 2. The quantitative estimate of drug-likeness (QED) is 0.670. The summed E-state index contributed by atoms with van der Waals surface area (Å²) in [4.78, 5) is 14.3. The van der Waals surface area contributed by atoms with E-state index in [1.54, 1.807) is 26.0 Å². The maximum absolute atomic E-state index is 12.5. The summed E-state index contributed by atoms with van der Waals surface area (Å²) in [5.74, 6) is 0.710. The van der Waals surface area contributed by atoms with Gasteiger partial charge >= 0.3 is 0 Å². The standard InChI is InChI=1S/C15H22N2O2/c1-4-5-6-9-17-12-8-7-11(16)10-13(12)19-15(2,3)14(17)18/h7-8,10H,4-6,9,16H2,1-3H3. The minimum absolute atomic E-state index is 0.0147. The van der Waals surface area contributed by atoms with Crippen molar-refractivity contribution in [3.05, 3.63) is 18.2 Å². The molecule has 0 saturated carbocycles. The van der Waals surface area contributed by atoms with Crippen LogP contribution in [0.3, 0.4) is 0 Å². The third-order valence-corrected chi connectivity index (χ3v) is 3.39. The van der Waals surface area contributed by atoms with Crippen molar-refractivity contribution < 1.29 is 9.53 Å². The maximum Gasteiger partial charge on any atom is 0.270 e. The van der Waals surface area contributed by atoms with Crippen LogP contribution in [-0.4, -0.2) is 18.1 Å². The van der Waals surface area contributed by atoms with E-state index >= 15 is 0 Å². The summed E-state index contributed by atoms with van der Waals surface area (Å²) < 4.78 is 5.78. The molecule has 0 atom stereocenters. The summed E-state index contributed by atoms with van der Waals surface area (Å²) in [6.07, 6.45) is 3.26. The van der Waals surface area contributed by atoms with E-state index in [-0.39, 0.29) is 5.91 Å². The molecule has 1 aromatic carbocycles. The summed E-state index contributed by atoms with van der Waals surface area (Å²) in [7, 11) is 0. The van der Waals surface area contributed by atoms with Crippen LogP contribution in [0.5, 0.6) is 5.75 Å². The van der Waals surface area contributed by atoms with Gasteiger partial charge in [0, 0.05) is 18.3 Å². The van der Waals surface area contributed by atoms with E-state index in [0.29, 0.717) is 11.4 Å². The van der Waals surface area contributed by atoms with Crippen LogP contribution in [0.25, 0.3) is 0 Å². The van der Waals surface area contributed by atoms with Gasteiger partial charge in [-0.05, 0) is 32.4 Å². The lowest BCUT2D eigenvalue weighted by atomic mass is 10.0. The summed E-state index contributed by atoms with van der Waals surface area (Å²) in [5, 5.41) is 0. The van der Waals surface area contributed by atoms with Crippen LogP contribution in [0.4, 0.5) is 11.4 Å². The lowest BCUT2D eigenvalue weighted by Crippen LogP contribution is -2.52. The summed E-state index contributed by atoms with van der Waals surface area (Å²) in [5.41, 5.74) is 6.44. The first-order valence-electron chi connectivity index (χ1n) is 6.86. The average molecular weight is 262 g/mol. The van der Waals surface area contributed by atoms with Gasteiger partial charge in [-0.1, -0.05) is 19.8 Å². The molecule has 0 bridgehead atoms. The fourth-order valence-electron chi connectivity index (χ4n) is 2.33. The van der Waals surface area contributed by atoms with Gasteiger partial charge in [-0.2, -0.15) is 0 Å². The molecule has 2 rings (SSSR count). The molecule has 2 N–H and O–H groups in total. The molecule has 19 heavy (non-hydrogen) atoms. The molecule has 1 amide bonds. The average Bonchev–Trinajstić information content (AvgIpc) is 2.33. The first-order valence-corrected chi connectivity index (χ1v) is 6.86. The van der Waals surface area contributed by atoms with Crippen molar-refractivity contribution in [1.29, 1.82) is 0 Å². The summed E-state index contributed by atoms with van der Waals surface area (Å²) >= 11 is 0. The molecule has 4 nitrogen and oxygen atoms in total. The first kappa shape index (κ1) is 13.7. The normalized spacial score (nSPS) is 17.0. The van der Waals surface area contributed by atoms with Crippen molar-refractivity contribution in [3.63, 3.8) is 0 Å². The van der Waals surface area contributed by atoms with Gasteiger partial charge in [0.2, 0.25) is 0 Å². The molecule has 1 aromatic rings. The predicted molar refractivity (Wildman–Crippen MR) is 77.4 cm³/mol. The fraction of sp³-hybridized carbons (Fsp3) is 0.533. The van der Waals surface area contributed by atoms with Crippen LogP contribution in [0.15, 0.2) is 18.2 Å². The maximum atomic E-state index is 12.5. The van der Waals surface area contributed by atoms with Gasteiger partial charge < -0.3 is 15.4 Å². The highest BCUT2D eigenvalue weighted by Gasteiger charge is 2.40. The van der Waals surface area contributed by atoms with Crippen molar-refractivity contribution in [2.24, 2.45) is 0 Å². The molecule has 0 spiro atoms. The van der Waals surface area contributed by atoms with E-state index in [4.69, 9.17) is 10.5 Å². The Morgan fingerprint density at radius 2 is 2.05 bits per heavy atom. The van der Waals surface area contributed by atoms with Crippen LogP contribution >= 0.6 is 0 Å².